The molecular formula is C12H14Cl2FN. The van der Waals surface area contributed by atoms with Crippen LogP contribution in [-0.2, 0) is 6.54 Å². The Labute approximate surface area is 105 Å². The molecule has 0 amide bonds. The van der Waals surface area contributed by atoms with Crippen molar-refractivity contribution < 1.29 is 4.39 Å². The highest BCUT2D eigenvalue weighted by Crippen LogP contribution is 2.22. The van der Waals surface area contributed by atoms with E-state index in [0.29, 0.717) is 11.6 Å². The zero-order valence-corrected chi connectivity index (χ0v) is 10.4. The summed E-state index contributed by atoms with van der Waals surface area (Å²) in [5, 5.41) is 0.833. The fraction of sp³-hybridized carbons (Fsp3) is 0.500. The van der Waals surface area contributed by atoms with Crippen molar-refractivity contribution in [2.75, 3.05) is 13.1 Å². The van der Waals surface area contributed by atoms with Crippen molar-refractivity contribution in [3.63, 3.8) is 0 Å². The zero-order chi connectivity index (χ0) is 11.5. The van der Waals surface area contributed by atoms with Gasteiger partial charge in [0.15, 0.2) is 0 Å². The number of nitrogens with zero attached hydrogens (tertiary/aromatic N) is 1. The molecule has 2 rings (SSSR count). The summed E-state index contributed by atoms with van der Waals surface area (Å²) < 4.78 is 13.1. The first-order valence-corrected chi connectivity index (χ1v) is 6.27. The fourth-order valence-electron chi connectivity index (χ4n) is 2.05. The molecular weight excluding hydrogens is 248 g/mol. The van der Waals surface area contributed by atoms with Crippen molar-refractivity contribution in [2.24, 2.45) is 0 Å². The molecule has 0 N–H and O–H groups in total. The van der Waals surface area contributed by atoms with Crippen LogP contribution < -0.4 is 0 Å². The van der Waals surface area contributed by atoms with Crippen LogP contribution in [0.1, 0.15) is 18.4 Å². The highest BCUT2D eigenvalue weighted by molar-refractivity contribution is 6.31. The maximum Gasteiger partial charge on any atom is 0.123 e. The molecule has 0 aliphatic carbocycles. The van der Waals surface area contributed by atoms with E-state index in [1.807, 2.05) is 0 Å². The van der Waals surface area contributed by atoms with Crippen LogP contribution in [0.25, 0.3) is 0 Å². The van der Waals surface area contributed by atoms with Crippen LogP contribution in [0.5, 0.6) is 0 Å². The first-order chi connectivity index (χ1) is 7.65. The van der Waals surface area contributed by atoms with Gasteiger partial charge in [0.1, 0.15) is 5.82 Å². The second-order valence-electron chi connectivity index (χ2n) is 4.21. The summed E-state index contributed by atoms with van der Waals surface area (Å²) in [4.78, 5) is 2.22. The predicted octanol–water partition coefficient (Wildman–Crippen LogP) is 3.68. The number of likely N-dealkylation sites (tertiary alicyclic amines) is 1. The SMILES string of the molecule is Fc1ccc(Cl)c(CN2CCCC(Cl)C2)c1. The van der Waals surface area contributed by atoms with Crippen LogP contribution in [0.3, 0.4) is 0 Å². The minimum Gasteiger partial charge on any atom is -0.298 e. The number of rotatable bonds is 2. The van der Waals surface area contributed by atoms with E-state index in [2.05, 4.69) is 4.90 Å². The largest absolute Gasteiger partial charge is 0.298 e. The Balaban J connectivity index is 2.05. The lowest BCUT2D eigenvalue weighted by atomic mass is 10.1. The fourth-order valence-corrected chi connectivity index (χ4v) is 2.57. The average molecular weight is 262 g/mol. The smallest absolute Gasteiger partial charge is 0.123 e. The Morgan fingerprint density at radius 2 is 2.25 bits per heavy atom. The van der Waals surface area contributed by atoms with E-state index in [1.165, 1.54) is 12.1 Å². The van der Waals surface area contributed by atoms with Crippen molar-refractivity contribution in [3.8, 4) is 0 Å². The van der Waals surface area contributed by atoms with E-state index in [-0.39, 0.29) is 11.2 Å². The van der Waals surface area contributed by atoms with Gasteiger partial charge in [-0.1, -0.05) is 11.6 Å². The van der Waals surface area contributed by atoms with E-state index in [4.69, 9.17) is 23.2 Å². The lowest BCUT2D eigenvalue weighted by Crippen LogP contribution is -2.35. The molecule has 1 aliphatic heterocycles. The van der Waals surface area contributed by atoms with Crippen LogP contribution in [0.2, 0.25) is 5.02 Å². The molecule has 1 nitrogen and oxygen atoms in total. The van der Waals surface area contributed by atoms with Gasteiger partial charge in [0.2, 0.25) is 0 Å². The van der Waals surface area contributed by atoms with Gasteiger partial charge < -0.3 is 0 Å². The lowest BCUT2D eigenvalue weighted by Gasteiger charge is -2.29. The zero-order valence-electron chi connectivity index (χ0n) is 8.93. The van der Waals surface area contributed by atoms with Gasteiger partial charge in [-0.25, -0.2) is 4.39 Å². The minimum atomic E-state index is -0.237. The molecule has 1 heterocycles. The van der Waals surface area contributed by atoms with Gasteiger partial charge in [0.25, 0.3) is 0 Å². The van der Waals surface area contributed by atoms with Gasteiger partial charge in [0, 0.05) is 23.5 Å². The van der Waals surface area contributed by atoms with E-state index in [0.717, 1.165) is 31.5 Å². The summed E-state index contributed by atoms with van der Waals surface area (Å²) in [6.45, 7) is 2.55. The molecule has 0 saturated carbocycles. The van der Waals surface area contributed by atoms with Crippen LogP contribution in [-0.4, -0.2) is 23.4 Å². The number of benzene rings is 1. The van der Waals surface area contributed by atoms with Gasteiger partial charge in [-0.3, -0.25) is 4.90 Å². The quantitative estimate of drug-likeness (QED) is 0.735. The summed E-state index contributed by atoms with van der Waals surface area (Å²) in [5.41, 5.74) is 0.840. The maximum absolute atomic E-state index is 13.1. The summed E-state index contributed by atoms with van der Waals surface area (Å²) >= 11 is 12.1. The Hall–Kier alpha value is -0.310. The molecule has 1 unspecified atom stereocenters. The standard InChI is InChI=1S/C12H14Cl2FN/c13-10-2-1-5-16(8-10)7-9-6-11(15)3-4-12(9)14/h3-4,6,10H,1-2,5,7-8H2. The molecule has 0 radical (unpaired) electrons. The molecule has 0 spiro atoms. The normalized spacial score (nSPS) is 22.3. The van der Waals surface area contributed by atoms with Crippen molar-refractivity contribution in [2.45, 2.75) is 24.8 Å². The van der Waals surface area contributed by atoms with E-state index < -0.39 is 0 Å². The third-order valence-corrected chi connectivity index (χ3v) is 3.57. The molecule has 0 aromatic heterocycles. The van der Waals surface area contributed by atoms with Crippen molar-refractivity contribution >= 4 is 23.2 Å². The molecule has 1 saturated heterocycles. The van der Waals surface area contributed by atoms with Gasteiger partial charge in [0.05, 0.1) is 0 Å². The minimum absolute atomic E-state index is 0.209. The second-order valence-corrected chi connectivity index (χ2v) is 5.23. The summed E-state index contributed by atoms with van der Waals surface area (Å²) in [5.74, 6) is -0.237. The van der Waals surface area contributed by atoms with Crippen LogP contribution in [0.15, 0.2) is 18.2 Å². The number of alkyl halides is 1. The molecule has 88 valence electrons. The molecule has 1 atom stereocenters. The first kappa shape index (κ1) is 12.2. The van der Waals surface area contributed by atoms with Crippen LogP contribution in [0.4, 0.5) is 4.39 Å². The number of hydrogen-bond donors (Lipinski definition) is 0. The van der Waals surface area contributed by atoms with Gasteiger partial charge >= 0.3 is 0 Å². The summed E-state index contributed by atoms with van der Waals surface area (Å²) in [6, 6.07) is 4.49. The lowest BCUT2D eigenvalue weighted by molar-refractivity contribution is 0.224. The molecule has 1 aliphatic rings. The van der Waals surface area contributed by atoms with E-state index >= 15 is 0 Å². The number of halogens is 3. The maximum atomic E-state index is 13.1. The predicted molar refractivity (Wildman–Crippen MR) is 65.6 cm³/mol. The van der Waals surface area contributed by atoms with Crippen molar-refractivity contribution in [3.05, 3.63) is 34.6 Å². The van der Waals surface area contributed by atoms with Gasteiger partial charge in [-0.05, 0) is 43.1 Å². The monoisotopic (exact) mass is 261 g/mol. The Bertz CT molecular complexity index is 370. The van der Waals surface area contributed by atoms with E-state index in [1.54, 1.807) is 6.07 Å². The second kappa shape index (κ2) is 5.35. The molecule has 1 aromatic rings. The van der Waals surface area contributed by atoms with Gasteiger partial charge in [-0.15, -0.1) is 11.6 Å². The number of piperidine rings is 1. The summed E-state index contributed by atoms with van der Waals surface area (Å²) in [7, 11) is 0. The third-order valence-electron chi connectivity index (χ3n) is 2.85. The summed E-state index contributed by atoms with van der Waals surface area (Å²) in [6.07, 6.45) is 2.16. The Kier molecular flexibility index (Phi) is 4.06. The first-order valence-electron chi connectivity index (χ1n) is 5.45. The molecule has 0 bridgehead atoms. The van der Waals surface area contributed by atoms with Crippen molar-refractivity contribution in [1.29, 1.82) is 0 Å². The van der Waals surface area contributed by atoms with Gasteiger partial charge in [-0.2, -0.15) is 0 Å². The molecule has 16 heavy (non-hydrogen) atoms. The molecule has 1 fully saturated rings. The third kappa shape index (κ3) is 3.09. The topological polar surface area (TPSA) is 3.24 Å². The highest BCUT2D eigenvalue weighted by Gasteiger charge is 2.18. The Morgan fingerprint density at radius 1 is 1.44 bits per heavy atom. The molecule has 4 heteroatoms. The van der Waals surface area contributed by atoms with Crippen LogP contribution in [0, 0.1) is 5.82 Å². The average Bonchev–Trinajstić information content (AvgIpc) is 2.24. The van der Waals surface area contributed by atoms with Crippen LogP contribution >= 0.6 is 23.2 Å². The highest BCUT2D eigenvalue weighted by atomic mass is 35.5. The number of hydrogen-bond acceptors (Lipinski definition) is 1. The Morgan fingerprint density at radius 3 is 3.00 bits per heavy atom. The molecule has 1 aromatic carbocycles. The van der Waals surface area contributed by atoms with Crippen molar-refractivity contribution in [1.82, 2.24) is 4.90 Å². The van der Waals surface area contributed by atoms with E-state index in [9.17, 15) is 4.39 Å².